The first-order valence-corrected chi connectivity index (χ1v) is 17.9. The second kappa shape index (κ2) is 11.6. The summed E-state index contributed by atoms with van der Waals surface area (Å²) in [5.41, 5.74) is 1.02. The van der Waals surface area contributed by atoms with E-state index in [-0.39, 0.29) is 37.1 Å². The second-order valence-corrected chi connectivity index (χ2v) is 16.1. The number of carbonyl (C=O) groups is 1. The lowest BCUT2D eigenvalue weighted by atomic mass is 9.76. The van der Waals surface area contributed by atoms with Gasteiger partial charge in [0.05, 0.1) is 17.5 Å². The van der Waals surface area contributed by atoms with Crippen LogP contribution in [0.25, 0.3) is 0 Å². The topological polar surface area (TPSA) is 155 Å². The highest BCUT2D eigenvalue weighted by Gasteiger charge is 2.45. The zero-order valence-corrected chi connectivity index (χ0v) is 27.4. The first-order valence-electron chi connectivity index (χ1n) is 14.7. The Kier molecular flexibility index (Phi) is 8.50. The second-order valence-electron chi connectivity index (χ2n) is 12.9. The van der Waals surface area contributed by atoms with Crippen molar-refractivity contribution in [2.24, 2.45) is 0 Å². The number of ketones is 1. The summed E-state index contributed by atoms with van der Waals surface area (Å²) in [6.07, 6.45) is 3.03. The maximum Gasteiger partial charge on any atom is 0.264 e. The smallest absolute Gasteiger partial charge is 0.264 e. The molecule has 3 aliphatic rings. The summed E-state index contributed by atoms with van der Waals surface area (Å²) in [6.45, 7) is 7.51. The summed E-state index contributed by atoms with van der Waals surface area (Å²) in [4.78, 5) is 17.1. The molecular formula is C32H35F2N2O8S2-. The number of anilines is 2. The molecule has 1 atom stereocenters. The van der Waals surface area contributed by atoms with Crippen LogP contribution in [0, 0.1) is 11.6 Å². The number of nitrogens with zero attached hydrogens (tertiary/aromatic N) is 2. The number of halogens is 2. The largest absolute Gasteiger partial charge is 0.871 e. The lowest BCUT2D eigenvalue weighted by molar-refractivity contribution is -0.300. The molecule has 14 heteroatoms. The molecule has 248 valence electrons. The minimum atomic E-state index is -4.24. The summed E-state index contributed by atoms with van der Waals surface area (Å²) in [6, 6.07) is 7.73. The van der Waals surface area contributed by atoms with Gasteiger partial charge in [0, 0.05) is 52.1 Å². The van der Waals surface area contributed by atoms with E-state index in [4.69, 9.17) is 0 Å². The number of benzene rings is 2. The van der Waals surface area contributed by atoms with Gasteiger partial charge in [0.15, 0.2) is 5.78 Å². The van der Waals surface area contributed by atoms with E-state index < -0.39 is 71.8 Å². The van der Waals surface area contributed by atoms with E-state index in [1.54, 1.807) is 35.8 Å². The Labute approximate surface area is 267 Å². The number of carbonyl (C=O) groups excluding carboxylic acids is 1. The molecule has 1 unspecified atom stereocenters. The number of allylic oxidation sites excluding steroid dienone is 4. The third-order valence-corrected chi connectivity index (χ3v) is 10.7. The van der Waals surface area contributed by atoms with E-state index in [1.807, 2.05) is 13.8 Å². The predicted molar refractivity (Wildman–Crippen MR) is 168 cm³/mol. The molecule has 46 heavy (non-hydrogen) atoms. The van der Waals surface area contributed by atoms with Crippen molar-refractivity contribution in [3.63, 3.8) is 0 Å². The number of hydrogen-bond donors (Lipinski definition) is 2. The average Bonchev–Trinajstić information content (AvgIpc) is 3.26. The van der Waals surface area contributed by atoms with Gasteiger partial charge in [-0.1, -0.05) is 39.5 Å². The molecule has 2 N–H and O–H groups in total. The molecule has 2 aliphatic heterocycles. The molecule has 0 radical (unpaired) electrons. The third-order valence-electron chi connectivity index (χ3n) is 9.06. The van der Waals surface area contributed by atoms with E-state index in [9.17, 15) is 44.6 Å². The van der Waals surface area contributed by atoms with Crippen molar-refractivity contribution < 1.29 is 44.6 Å². The Bertz CT molecular complexity index is 1930. The molecule has 1 aliphatic carbocycles. The van der Waals surface area contributed by atoms with Crippen molar-refractivity contribution in [3.8, 4) is 0 Å². The Morgan fingerprint density at radius 2 is 1.41 bits per heavy atom. The van der Waals surface area contributed by atoms with Gasteiger partial charge in [-0.2, -0.15) is 16.8 Å². The van der Waals surface area contributed by atoms with Gasteiger partial charge in [0.2, 0.25) is 0 Å². The van der Waals surface area contributed by atoms with Crippen LogP contribution >= 0.6 is 0 Å². The summed E-state index contributed by atoms with van der Waals surface area (Å²) < 4.78 is 92.6. The van der Waals surface area contributed by atoms with Crippen LogP contribution in [0.15, 0.2) is 71.2 Å². The van der Waals surface area contributed by atoms with Crippen LogP contribution in [0.2, 0.25) is 0 Å². The van der Waals surface area contributed by atoms with Crippen LogP contribution in [0.4, 0.5) is 20.2 Å². The first-order chi connectivity index (χ1) is 21.2. The molecule has 0 fully saturated rings. The van der Waals surface area contributed by atoms with Crippen molar-refractivity contribution in [2.75, 3.05) is 34.4 Å². The number of rotatable bonds is 10. The molecule has 0 spiro atoms. The van der Waals surface area contributed by atoms with Gasteiger partial charge in [-0.25, -0.2) is 8.78 Å². The maximum atomic E-state index is 14.3. The van der Waals surface area contributed by atoms with E-state index in [2.05, 4.69) is 0 Å². The van der Waals surface area contributed by atoms with Crippen molar-refractivity contribution in [2.45, 2.75) is 57.4 Å². The van der Waals surface area contributed by atoms with Gasteiger partial charge >= 0.3 is 0 Å². The molecule has 0 aromatic heterocycles. The van der Waals surface area contributed by atoms with Gasteiger partial charge in [0.1, 0.15) is 11.6 Å². The van der Waals surface area contributed by atoms with Crippen molar-refractivity contribution >= 4 is 37.4 Å². The summed E-state index contributed by atoms with van der Waals surface area (Å²) in [5, 5.41) is 13.6. The normalized spacial score (nSPS) is 22.1. The Hall–Kier alpha value is -3.59. The summed E-state index contributed by atoms with van der Waals surface area (Å²) >= 11 is 0. The lowest BCUT2D eigenvalue weighted by Crippen LogP contribution is -2.43. The fourth-order valence-electron chi connectivity index (χ4n) is 6.71. The molecule has 5 rings (SSSR count). The van der Waals surface area contributed by atoms with Crippen LogP contribution < -0.4 is 14.9 Å². The molecule has 0 saturated heterocycles. The molecule has 0 bridgehead atoms. The van der Waals surface area contributed by atoms with Crippen LogP contribution in [0.1, 0.15) is 51.7 Å². The monoisotopic (exact) mass is 677 g/mol. The van der Waals surface area contributed by atoms with Crippen LogP contribution in [-0.4, -0.2) is 62.4 Å². The zero-order valence-electron chi connectivity index (χ0n) is 25.7. The minimum absolute atomic E-state index is 0.0246. The van der Waals surface area contributed by atoms with Crippen LogP contribution in [0.3, 0.4) is 0 Å². The molecule has 2 aromatic rings. The van der Waals surface area contributed by atoms with Gasteiger partial charge < -0.3 is 14.9 Å². The number of fused-ring (bicyclic) bond motifs is 2. The SMILES string of the molecule is CC1(C)/C(=C\C2=C([O-])C(=CC3N(CCCS(=O)(=O)O)c4ccc(F)cc4C3(C)C)C2=O)N(CCCS(=O)(=O)O)c2ccc(F)cc21. The molecule has 0 amide bonds. The highest BCUT2D eigenvalue weighted by Crippen LogP contribution is 2.50. The molecule has 2 aromatic carbocycles. The summed E-state index contributed by atoms with van der Waals surface area (Å²) in [5.74, 6) is -3.05. The fraction of sp³-hybridized carbons (Fsp3) is 0.406. The van der Waals surface area contributed by atoms with Gasteiger partial charge in [0.25, 0.3) is 20.2 Å². The molecule has 10 nitrogen and oxygen atoms in total. The lowest BCUT2D eigenvalue weighted by Gasteiger charge is -2.37. The zero-order chi connectivity index (χ0) is 34.0. The quantitative estimate of drug-likeness (QED) is 0.280. The van der Waals surface area contributed by atoms with Crippen LogP contribution in [-0.2, 0) is 35.9 Å². The van der Waals surface area contributed by atoms with E-state index in [0.717, 1.165) is 0 Å². The molecular weight excluding hydrogens is 642 g/mol. The average molecular weight is 678 g/mol. The Morgan fingerprint density at radius 3 is 1.98 bits per heavy atom. The van der Waals surface area contributed by atoms with E-state index >= 15 is 0 Å². The fourth-order valence-corrected chi connectivity index (χ4v) is 7.70. The first kappa shape index (κ1) is 33.8. The number of Topliss-reactive ketones (excluding diaryl/α,β-unsaturated/α-hetero) is 1. The highest BCUT2D eigenvalue weighted by molar-refractivity contribution is 7.86. The Morgan fingerprint density at radius 1 is 0.870 bits per heavy atom. The standard InChI is InChI=1S/C32H36F2N2O8S2/c1-31(2)23-15-19(33)7-9-25(23)35(11-5-13-45(39,40)41)27(31)17-21-29(37)22(30(21)38)18-28-32(3,4)24-16-20(34)8-10-26(24)36(28)12-6-14-46(42,43)44/h7-10,15-18,27,37H,5-6,11-14H2,1-4H3,(H,39,40,41)(H,42,43,44)/p-1/b21-17?,28-18+. The van der Waals surface area contributed by atoms with E-state index in [1.165, 1.54) is 36.4 Å². The maximum absolute atomic E-state index is 14.3. The van der Waals surface area contributed by atoms with Gasteiger partial charge in [-0.15, -0.1) is 0 Å². The number of hydrogen-bond acceptors (Lipinski definition) is 8. The molecule has 0 saturated carbocycles. The Balaban J connectivity index is 1.52. The van der Waals surface area contributed by atoms with Crippen LogP contribution in [0.5, 0.6) is 0 Å². The van der Waals surface area contributed by atoms with E-state index in [0.29, 0.717) is 28.2 Å². The van der Waals surface area contributed by atoms with Crippen molar-refractivity contribution in [3.05, 3.63) is 93.9 Å². The van der Waals surface area contributed by atoms with Crippen molar-refractivity contribution in [1.82, 2.24) is 0 Å². The predicted octanol–water partition coefficient (Wildman–Crippen LogP) is 3.79. The van der Waals surface area contributed by atoms with Gasteiger partial charge in [-0.3, -0.25) is 13.9 Å². The molecule has 2 heterocycles. The van der Waals surface area contributed by atoms with Crippen molar-refractivity contribution in [1.29, 1.82) is 0 Å². The summed E-state index contributed by atoms with van der Waals surface area (Å²) in [7, 11) is -8.48. The minimum Gasteiger partial charge on any atom is -0.871 e. The van der Waals surface area contributed by atoms with Gasteiger partial charge in [-0.05, 0) is 66.4 Å². The third kappa shape index (κ3) is 6.23. The highest BCUT2D eigenvalue weighted by atomic mass is 32.2.